The summed E-state index contributed by atoms with van der Waals surface area (Å²) in [6.07, 6.45) is 0. The van der Waals surface area contributed by atoms with Crippen molar-refractivity contribution in [3.63, 3.8) is 0 Å². The highest BCUT2D eigenvalue weighted by Crippen LogP contribution is 2.29. The maximum Gasteiger partial charge on any atom is 0.312 e. The third-order valence-electron chi connectivity index (χ3n) is 4.55. The van der Waals surface area contributed by atoms with Gasteiger partial charge in [-0.3, -0.25) is 14.8 Å². The Kier molecular flexibility index (Phi) is 6.18. The minimum Gasteiger partial charge on any atom is -0.490 e. The number of nitro benzene ring substituents is 1. The average Bonchev–Trinajstić information content (AvgIpc) is 3.02. The van der Waals surface area contributed by atoms with Gasteiger partial charge in [-0.1, -0.05) is 24.3 Å². The Morgan fingerprint density at radius 2 is 1.87 bits per heavy atom. The normalized spacial score (nSPS) is 11.4. The standard InChI is InChI=1S/C20H22N4O5S/c1-14-9-15(2)23(22-14)13-17-6-4-5-16(10-17)12-21-30(27,28)18-7-8-20(29-3)19(11-18)24(25)26/h4-11,21H,12-13H2,1-3H3. The van der Waals surface area contributed by atoms with Crippen LogP contribution in [0.4, 0.5) is 5.69 Å². The first-order chi connectivity index (χ1) is 14.2. The van der Waals surface area contributed by atoms with Gasteiger partial charge >= 0.3 is 5.69 Å². The number of nitrogens with zero attached hydrogens (tertiary/aromatic N) is 3. The number of hydrogen-bond donors (Lipinski definition) is 1. The van der Waals surface area contributed by atoms with Crippen molar-refractivity contribution in [1.82, 2.24) is 14.5 Å². The lowest BCUT2D eigenvalue weighted by Crippen LogP contribution is -2.23. The molecular weight excluding hydrogens is 408 g/mol. The third kappa shape index (κ3) is 4.84. The Balaban J connectivity index is 1.75. The Labute approximate surface area is 174 Å². The molecule has 0 saturated heterocycles. The smallest absolute Gasteiger partial charge is 0.312 e. The molecule has 158 valence electrons. The van der Waals surface area contributed by atoms with Gasteiger partial charge in [-0.15, -0.1) is 0 Å². The lowest BCUT2D eigenvalue weighted by Gasteiger charge is -2.10. The first-order valence-electron chi connectivity index (χ1n) is 9.10. The molecule has 0 amide bonds. The molecule has 1 heterocycles. The van der Waals surface area contributed by atoms with Gasteiger partial charge in [0.2, 0.25) is 10.0 Å². The van der Waals surface area contributed by atoms with Crippen molar-refractivity contribution in [2.75, 3.05) is 7.11 Å². The largest absolute Gasteiger partial charge is 0.490 e. The van der Waals surface area contributed by atoms with Crippen LogP contribution in [0.3, 0.4) is 0 Å². The minimum atomic E-state index is -3.94. The summed E-state index contributed by atoms with van der Waals surface area (Å²) in [5.74, 6) is -0.00389. The zero-order valence-corrected chi connectivity index (χ0v) is 17.6. The molecule has 0 radical (unpaired) electrons. The Morgan fingerprint density at radius 3 is 2.50 bits per heavy atom. The first-order valence-corrected chi connectivity index (χ1v) is 10.6. The van der Waals surface area contributed by atoms with Gasteiger partial charge in [0.15, 0.2) is 5.75 Å². The molecule has 1 aromatic heterocycles. The highest BCUT2D eigenvalue weighted by Gasteiger charge is 2.21. The number of rotatable bonds is 8. The average molecular weight is 430 g/mol. The van der Waals surface area contributed by atoms with Gasteiger partial charge in [0.05, 0.1) is 29.2 Å². The zero-order valence-electron chi connectivity index (χ0n) is 16.8. The second-order valence-corrected chi connectivity index (χ2v) is 8.59. The number of sulfonamides is 1. The van der Waals surface area contributed by atoms with Crippen molar-refractivity contribution >= 4 is 15.7 Å². The van der Waals surface area contributed by atoms with Gasteiger partial charge < -0.3 is 4.74 Å². The van der Waals surface area contributed by atoms with E-state index < -0.39 is 20.6 Å². The fourth-order valence-corrected chi connectivity index (χ4v) is 4.12. The monoisotopic (exact) mass is 430 g/mol. The summed E-state index contributed by atoms with van der Waals surface area (Å²) in [5, 5.41) is 15.6. The van der Waals surface area contributed by atoms with E-state index >= 15 is 0 Å². The van der Waals surface area contributed by atoms with Crippen molar-refractivity contribution < 1.29 is 18.1 Å². The van der Waals surface area contributed by atoms with Crippen molar-refractivity contribution in [3.8, 4) is 5.75 Å². The number of hydrogen-bond acceptors (Lipinski definition) is 6. The van der Waals surface area contributed by atoms with E-state index in [4.69, 9.17) is 4.74 Å². The van der Waals surface area contributed by atoms with Crippen LogP contribution < -0.4 is 9.46 Å². The van der Waals surface area contributed by atoms with E-state index in [0.717, 1.165) is 28.6 Å². The van der Waals surface area contributed by atoms with E-state index in [2.05, 4.69) is 9.82 Å². The van der Waals surface area contributed by atoms with E-state index in [1.165, 1.54) is 19.2 Å². The Hall–Kier alpha value is -3.24. The summed E-state index contributed by atoms with van der Waals surface area (Å²) in [4.78, 5) is 10.3. The van der Waals surface area contributed by atoms with E-state index in [-0.39, 0.29) is 17.2 Å². The van der Waals surface area contributed by atoms with Crippen LogP contribution >= 0.6 is 0 Å². The number of aromatic nitrogens is 2. The fraction of sp³-hybridized carbons (Fsp3) is 0.250. The number of methoxy groups -OCH3 is 1. The van der Waals surface area contributed by atoms with Crippen molar-refractivity contribution in [2.24, 2.45) is 0 Å². The summed E-state index contributed by atoms with van der Waals surface area (Å²) < 4.78 is 34.5. The number of ether oxygens (including phenoxy) is 1. The van der Waals surface area contributed by atoms with Crippen LogP contribution in [0.1, 0.15) is 22.5 Å². The topological polar surface area (TPSA) is 116 Å². The van der Waals surface area contributed by atoms with Crippen LogP contribution in [0.15, 0.2) is 53.4 Å². The quantitative estimate of drug-likeness (QED) is 0.434. The summed E-state index contributed by atoms with van der Waals surface area (Å²) >= 11 is 0. The van der Waals surface area contributed by atoms with Gasteiger partial charge in [-0.05, 0) is 43.2 Å². The summed E-state index contributed by atoms with van der Waals surface area (Å²) in [6.45, 7) is 4.53. The molecule has 0 spiro atoms. The van der Waals surface area contributed by atoms with E-state index in [1.807, 2.05) is 48.9 Å². The lowest BCUT2D eigenvalue weighted by atomic mass is 10.1. The van der Waals surface area contributed by atoms with E-state index in [1.54, 1.807) is 0 Å². The summed E-state index contributed by atoms with van der Waals surface area (Å²) in [7, 11) is -2.66. The van der Waals surface area contributed by atoms with Crippen molar-refractivity contribution in [1.29, 1.82) is 0 Å². The molecule has 1 N–H and O–H groups in total. The summed E-state index contributed by atoms with van der Waals surface area (Å²) in [6, 6.07) is 13.0. The third-order valence-corrected chi connectivity index (χ3v) is 5.95. The van der Waals surface area contributed by atoms with Crippen LogP contribution in [0, 0.1) is 24.0 Å². The van der Waals surface area contributed by atoms with Crippen LogP contribution in [-0.4, -0.2) is 30.2 Å². The van der Waals surface area contributed by atoms with E-state index in [9.17, 15) is 18.5 Å². The molecule has 0 aliphatic heterocycles. The predicted molar refractivity (Wildman–Crippen MR) is 111 cm³/mol. The minimum absolute atomic E-state index is 0.00389. The molecule has 30 heavy (non-hydrogen) atoms. The molecular formula is C20H22N4O5S. The van der Waals surface area contributed by atoms with E-state index in [0.29, 0.717) is 6.54 Å². The number of nitro groups is 1. The number of benzene rings is 2. The van der Waals surface area contributed by atoms with Crippen LogP contribution in [-0.2, 0) is 23.1 Å². The molecule has 0 aliphatic carbocycles. The van der Waals surface area contributed by atoms with Crippen LogP contribution in [0.5, 0.6) is 5.75 Å². The second-order valence-electron chi connectivity index (χ2n) is 6.82. The number of nitrogens with one attached hydrogen (secondary N) is 1. The maximum absolute atomic E-state index is 12.6. The maximum atomic E-state index is 12.6. The fourth-order valence-electron chi connectivity index (χ4n) is 3.09. The van der Waals surface area contributed by atoms with Crippen molar-refractivity contribution in [2.45, 2.75) is 31.8 Å². The summed E-state index contributed by atoms with van der Waals surface area (Å²) in [5.41, 5.74) is 3.32. The van der Waals surface area contributed by atoms with Crippen LogP contribution in [0.25, 0.3) is 0 Å². The van der Waals surface area contributed by atoms with Gasteiger partial charge in [0.1, 0.15) is 0 Å². The SMILES string of the molecule is COc1ccc(S(=O)(=O)NCc2cccc(Cn3nc(C)cc3C)c2)cc1[N+](=O)[O-]. The molecule has 0 aliphatic rings. The van der Waals surface area contributed by atoms with Crippen molar-refractivity contribution in [3.05, 3.63) is 81.2 Å². The molecule has 0 bridgehead atoms. The Bertz CT molecular complexity index is 1190. The molecule has 0 unspecified atom stereocenters. The molecule has 3 aromatic rings. The van der Waals surface area contributed by atoms with Gasteiger partial charge in [0, 0.05) is 18.3 Å². The molecule has 2 aromatic carbocycles. The molecule has 9 nitrogen and oxygen atoms in total. The lowest BCUT2D eigenvalue weighted by molar-refractivity contribution is -0.386. The molecule has 0 saturated carbocycles. The predicted octanol–water partition coefficient (Wildman–Crippen LogP) is 2.94. The zero-order chi connectivity index (χ0) is 21.9. The first kappa shape index (κ1) is 21.5. The Morgan fingerprint density at radius 1 is 1.13 bits per heavy atom. The molecule has 10 heteroatoms. The second kappa shape index (κ2) is 8.64. The van der Waals surface area contributed by atoms with Gasteiger partial charge in [0.25, 0.3) is 0 Å². The molecule has 0 fully saturated rings. The van der Waals surface area contributed by atoms with Gasteiger partial charge in [-0.2, -0.15) is 5.10 Å². The van der Waals surface area contributed by atoms with Crippen LogP contribution in [0.2, 0.25) is 0 Å². The van der Waals surface area contributed by atoms with Gasteiger partial charge in [-0.25, -0.2) is 13.1 Å². The molecule has 0 atom stereocenters. The number of aryl methyl sites for hydroxylation is 2. The molecule has 3 rings (SSSR count). The highest BCUT2D eigenvalue weighted by molar-refractivity contribution is 7.89. The highest BCUT2D eigenvalue weighted by atomic mass is 32.2.